The van der Waals surface area contributed by atoms with Gasteiger partial charge in [0.2, 0.25) is 0 Å². The first-order chi connectivity index (χ1) is 13.4. The van der Waals surface area contributed by atoms with Gasteiger partial charge in [0.05, 0.1) is 12.3 Å². The molecule has 0 fully saturated rings. The number of rotatable bonds is 6. The average molecular weight is 387 g/mol. The maximum absolute atomic E-state index is 13.5. The molecule has 0 saturated heterocycles. The zero-order valence-corrected chi connectivity index (χ0v) is 15.9. The molecule has 0 unspecified atom stereocenters. The van der Waals surface area contributed by atoms with E-state index in [0.29, 0.717) is 24.2 Å². The fraction of sp³-hybridized carbons (Fsp3) is 0.333. The molecule has 3 rings (SSSR count). The van der Waals surface area contributed by atoms with E-state index in [1.165, 1.54) is 24.3 Å². The molecule has 0 radical (unpaired) electrons. The van der Waals surface area contributed by atoms with Crippen molar-refractivity contribution in [3.8, 4) is 0 Å². The summed E-state index contributed by atoms with van der Waals surface area (Å²) in [5.74, 6) is -0.660. The number of amides is 2. The second kappa shape index (κ2) is 8.82. The Hall–Kier alpha value is -2.96. The Bertz CT molecular complexity index is 853. The molecule has 1 aliphatic rings. The molecule has 1 N–H and O–H groups in total. The Kier molecular flexibility index (Phi) is 6.23. The van der Waals surface area contributed by atoms with E-state index >= 15 is 0 Å². The number of halogens is 2. The first kappa shape index (κ1) is 19.8. The Labute approximate surface area is 163 Å². The van der Waals surface area contributed by atoms with E-state index in [1.807, 2.05) is 13.8 Å². The molecule has 0 saturated carbocycles. The van der Waals surface area contributed by atoms with E-state index in [1.54, 1.807) is 29.2 Å². The number of nitrogens with zero attached hydrogens (tertiary/aromatic N) is 2. The van der Waals surface area contributed by atoms with E-state index < -0.39 is 0 Å². The van der Waals surface area contributed by atoms with Crippen molar-refractivity contribution < 1.29 is 18.4 Å². The first-order valence-electron chi connectivity index (χ1n) is 9.19. The van der Waals surface area contributed by atoms with Crippen molar-refractivity contribution in [2.75, 3.05) is 6.54 Å². The minimum atomic E-state index is -0.347. The molecule has 0 aliphatic carbocycles. The fourth-order valence-electron chi connectivity index (χ4n) is 3.00. The number of hydrogen-bond acceptors (Lipinski definition) is 3. The highest BCUT2D eigenvalue weighted by molar-refractivity contribution is 6.01. The van der Waals surface area contributed by atoms with Crippen LogP contribution in [0.25, 0.3) is 0 Å². The third kappa shape index (κ3) is 5.28. The Morgan fingerprint density at radius 2 is 1.96 bits per heavy atom. The Balaban J connectivity index is 1.67. The minimum absolute atomic E-state index is 0.0296. The molecule has 0 aromatic heterocycles. The molecule has 1 aliphatic heterocycles. The number of carbonyl (C=O) groups is 1. The monoisotopic (exact) mass is 387 g/mol. The van der Waals surface area contributed by atoms with Crippen LogP contribution >= 0.6 is 0 Å². The standard InChI is InChI=1S/C21H23F2N3O2/c1-14(2)24-21(27)26(12-15-4-3-5-18(23)10-15)13-19-11-20(25-28-19)16-6-8-17(22)9-7-16/h3-10,14,19H,11-13H2,1-2H3,(H,24,27)/t19-/m0/s1. The number of carbonyl (C=O) groups excluding carboxylic acids is 1. The van der Waals surface area contributed by atoms with Gasteiger partial charge in [0, 0.05) is 19.0 Å². The van der Waals surface area contributed by atoms with E-state index in [0.717, 1.165) is 5.56 Å². The van der Waals surface area contributed by atoms with Gasteiger partial charge in [0.25, 0.3) is 0 Å². The van der Waals surface area contributed by atoms with Crippen LogP contribution in [0.5, 0.6) is 0 Å². The van der Waals surface area contributed by atoms with Gasteiger partial charge >= 0.3 is 6.03 Å². The molecule has 2 aromatic rings. The van der Waals surface area contributed by atoms with Gasteiger partial charge in [0.15, 0.2) is 6.10 Å². The summed E-state index contributed by atoms with van der Waals surface area (Å²) in [5, 5.41) is 6.95. The number of nitrogens with one attached hydrogen (secondary N) is 1. The molecule has 0 spiro atoms. The molecule has 28 heavy (non-hydrogen) atoms. The van der Waals surface area contributed by atoms with Crippen molar-refractivity contribution in [1.82, 2.24) is 10.2 Å². The van der Waals surface area contributed by atoms with Crippen LogP contribution in [0.15, 0.2) is 53.7 Å². The van der Waals surface area contributed by atoms with Gasteiger partial charge in [-0.25, -0.2) is 13.6 Å². The van der Waals surface area contributed by atoms with Gasteiger partial charge in [0.1, 0.15) is 11.6 Å². The van der Waals surface area contributed by atoms with Crippen LogP contribution in [-0.4, -0.2) is 35.3 Å². The predicted octanol–water partition coefficient (Wildman–Crippen LogP) is 4.08. The lowest BCUT2D eigenvalue weighted by Crippen LogP contribution is -2.45. The third-order valence-electron chi connectivity index (χ3n) is 4.30. The molecule has 7 heteroatoms. The van der Waals surface area contributed by atoms with Crippen molar-refractivity contribution >= 4 is 11.7 Å². The lowest BCUT2D eigenvalue weighted by atomic mass is 10.0. The summed E-state index contributed by atoms with van der Waals surface area (Å²) in [6, 6.07) is 11.9. The van der Waals surface area contributed by atoms with Crippen LogP contribution in [0.4, 0.5) is 13.6 Å². The normalized spacial score (nSPS) is 15.9. The molecule has 0 bridgehead atoms. The van der Waals surface area contributed by atoms with Gasteiger partial charge < -0.3 is 15.1 Å². The molecular weight excluding hydrogens is 364 g/mol. The molecule has 2 amide bonds. The summed E-state index contributed by atoms with van der Waals surface area (Å²) in [6.45, 7) is 4.30. The zero-order chi connectivity index (χ0) is 20.1. The lowest BCUT2D eigenvalue weighted by molar-refractivity contribution is 0.0586. The highest BCUT2D eigenvalue weighted by Gasteiger charge is 2.27. The number of oxime groups is 1. The van der Waals surface area contributed by atoms with E-state index in [-0.39, 0.29) is 36.4 Å². The van der Waals surface area contributed by atoms with Gasteiger partial charge in [-0.2, -0.15) is 0 Å². The number of urea groups is 1. The van der Waals surface area contributed by atoms with E-state index in [2.05, 4.69) is 10.5 Å². The molecule has 1 atom stereocenters. The van der Waals surface area contributed by atoms with Crippen molar-refractivity contribution in [2.45, 2.75) is 39.0 Å². The van der Waals surface area contributed by atoms with Crippen molar-refractivity contribution in [3.05, 3.63) is 71.3 Å². The average Bonchev–Trinajstić information content (AvgIpc) is 3.10. The smallest absolute Gasteiger partial charge is 0.318 e. The molecule has 1 heterocycles. The summed E-state index contributed by atoms with van der Waals surface area (Å²) in [6.07, 6.45) is 0.173. The van der Waals surface area contributed by atoms with Crippen LogP contribution in [0, 0.1) is 11.6 Å². The topological polar surface area (TPSA) is 53.9 Å². The highest BCUT2D eigenvalue weighted by Crippen LogP contribution is 2.19. The van der Waals surface area contributed by atoms with E-state index in [4.69, 9.17) is 4.84 Å². The van der Waals surface area contributed by atoms with Crippen LogP contribution in [0.3, 0.4) is 0 Å². The Morgan fingerprint density at radius 1 is 1.21 bits per heavy atom. The fourth-order valence-corrected chi connectivity index (χ4v) is 3.00. The van der Waals surface area contributed by atoms with Gasteiger partial charge in [-0.1, -0.05) is 29.4 Å². The Morgan fingerprint density at radius 3 is 2.64 bits per heavy atom. The summed E-state index contributed by atoms with van der Waals surface area (Å²) in [5.41, 5.74) is 2.18. The number of benzene rings is 2. The second-order valence-electron chi connectivity index (χ2n) is 7.09. The second-order valence-corrected chi connectivity index (χ2v) is 7.09. The molecule has 5 nitrogen and oxygen atoms in total. The quantitative estimate of drug-likeness (QED) is 0.812. The molecule has 148 valence electrons. The van der Waals surface area contributed by atoms with Gasteiger partial charge in [-0.15, -0.1) is 0 Å². The molecular formula is C21H23F2N3O2. The minimum Gasteiger partial charge on any atom is -0.390 e. The largest absolute Gasteiger partial charge is 0.390 e. The van der Waals surface area contributed by atoms with Crippen LogP contribution in [0.1, 0.15) is 31.4 Å². The van der Waals surface area contributed by atoms with Crippen LogP contribution in [-0.2, 0) is 11.4 Å². The van der Waals surface area contributed by atoms with E-state index in [9.17, 15) is 13.6 Å². The first-order valence-corrected chi connectivity index (χ1v) is 9.19. The zero-order valence-electron chi connectivity index (χ0n) is 15.9. The molecule has 2 aromatic carbocycles. The van der Waals surface area contributed by atoms with Gasteiger partial charge in [-0.3, -0.25) is 0 Å². The van der Waals surface area contributed by atoms with Crippen molar-refractivity contribution in [3.63, 3.8) is 0 Å². The highest BCUT2D eigenvalue weighted by atomic mass is 19.1. The SMILES string of the molecule is CC(C)NC(=O)N(Cc1cccc(F)c1)C[C@@H]1CC(c2ccc(F)cc2)=NO1. The maximum atomic E-state index is 13.5. The predicted molar refractivity (Wildman–Crippen MR) is 103 cm³/mol. The lowest BCUT2D eigenvalue weighted by Gasteiger charge is -2.26. The van der Waals surface area contributed by atoms with Crippen molar-refractivity contribution in [1.29, 1.82) is 0 Å². The summed E-state index contributed by atoms with van der Waals surface area (Å²) < 4.78 is 26.6. The summed E-state index contributed by atoms with van der Waals surface area (Å²) in [7, 11) is 0. The van der Waals surface area contributed by atoms with Crippen LogP contribution in [0.2, 0.25) is 0 Å². The maximum Gasteiger partial charge on any atom is 0.318 e. The number of hydrogen-bond donors (Lipinski definition) is 1. The summed E-state index contributed by atoms with van der Waals surface area (Å²) >= 11 is 0. The van der Waals surface area contributed by atoms with Crippen LogP contribution < -0.4 is 5.32 Å². The van der Waals surface area contributed by atoms with Gasteiger partial charge in [-0.05, 0) is 49.2 Å². The van der Waals surface area contributed by atoms with Crippen molar-refractivity contribution in [2.24, 2.45) is 5.16 Å². The summed E-state index contributed by atoms with van der Waals surface area (Å²) in [4.78, 5) is 19.7. The third-order valence-corrected chi connectivity index (χ3v) is 4.30.